The predicted octanol–water partition coefficient (Wildman–Crippen LogP) is 2.91. The summed E-state index contributed by atoms with van der Waals surface area (Å²) in [6.45, 7) is 3.33. The van der Waals surface area contributed by atoms with Gasteiger partial charge in [-0.1, -0.05) is 55.0 Å². The number of anilines is 1. The highest BCUT2D eigenvalue weighted by molar-refractivity contribution is 7.15. The first-order valence-corrected chi connectivity index (χ1v) is 9.92. The number of benzene rings is 1. The van der Waals surface area contributed by atoms with Gasteiger partial charge in [-0.2, -0.15) is 0 Å². The molecule has 0 aliphatic carbocycles. The molecule has 2 aromatic rings. The summed E-state index contributed by atoms with van der Waals surface area (Å²) in [5, 5.41) is 12.5. The lowest BCUT2D eigenvalue weighted by Gasteiger charge is -2.15. The van der Waals surface area contributed by atoms with Gasteiger partial charge in [0.1, 0.15) is 5.01 Å². The molecule has 26 heavy (non-hydrogen) atoms. The normalized spacial score (nSPS) is 16.9. The van der Waals surface area contributed by atoms with Crippen LogP contribution in [0.15, 0.2) is 30.3 Å². The Morgan fingerprint density at radius 2 is 2.08 bits per heavy atom. The Morgan fingerprint density at radius 1 is 1.27 bits per heavy atom. The third kappa shape index (κ3) is 4.88. The highest BCUT2D eigenvalue weighted by Crippen LogP contribution is 2.22. The molecule has 0 saturated carbocycles. The molecule has 0 bridgehead atoms. The molecular weight excluding hydrogens is 348 g/mol. The number of nitrogens with zero attached hydrogens (tertiary/aromatic N) is 3. The summed E-state index contributed by atoms with van der Waals surface area (Å²) in [7, 11) is 0. The maximum absolute atomic E-state index is 12.4. The van der Waals surface area contributed by atoms with Gasteiger partial charge in [-0.15, -0.1) is 10.2 Å². The molecule has 6 nitrogen and oxygen atoms in total. The Bertz CT molecular complexity index is 747. The second-order valence-electron chi connectivity index (χ2n) is 6.57. The van der Waals surface area contributed by atoms with Gasteiger partial charge in [-0.05, 0) is 18.4 Å². The summed E-state index contributed by atoms with van der Waals surface area (Å²) in [5.41, 5.74) is 1.25. The molecule has 1 fully saturated rings. The molecule has 0 unspecified atom stereocenters. The predicted molar refractivity (Wildman–Crippen MR) is 102 cm³/mol. The highest BCUT2D eigenvalue weighted by Gasteiger charge is 2.34. The van der Waals surface area contributed by atoms with Crippen LogP contribution in [-0.4, -0.2) is 40.0 Å². The van der Waals surface area contributed by atoms with Crippen molar-refractivity contribution < 1.29 is 9.59 Å². The van der Waals surface area contributed by atoms with Gasteiger partial charge in [0.25, 0.3) is 0 Å². The summed E-state index contributed by atoms with van der Waals surface area (Å²) in [4.78, 5) is 26.2. The van der Waals surface area contributed by atoms with Crippen LogP contribution in [0.25, 0.3) is 0 Å². The van der Waals surface area contributed by atoms with Crippen molar-refractivity contribution in [1.82, 2.24) is 15.1 Å². The fourth-order valence-electron chi connectivity index (χ4n) is 3.02. The lowest BCUT2D eigenvalue weighted by Crippen LogP contribution is -2.29. The molecule has 2 amide bonds. The van der Waals surface area contributed by atoms with Crippen molar-refractivity contribution in [3.63, 3.8) is 0 Å². The van der Waals surface area contributed by atoms with Crippen molar-refractivity contribution in [2.45, 2.75) is 39.0 Å². The van der Waals surface area contributed by atoms with Crippen LogP contribution in [0.2, 0.25) is 0 Å². The van der Waals surface area contributed by atoms with Crippen molar-refractivity contribution in [3.8, 4) is 0 Å². The van der Waals surface area contributed by atoms with Gasteiger partial charge in [0.05, 0.1) is 5.92 Å². The first kappa shape index (κ1) is 18.5. The quantitative estimate of drug-likeness (QED) is 0.773. The maximum Gasteiger partial charge on any atom is 0.231 e. The van der Waals surface area contributed by atoms with Gasteiger partial charge >= 0.3 is 0 Å². The van der Waals surface area contributed by atoms with Crippen LogP contribution in [0.1, 0.15) is 36.8 Å². The van der Waals surface area contributed by atoms with E-state index in [-0.39, 0.29) is 24.2 Å². The number of aryl methyl sites for hydroxylation is 2. The lowest BCUT2D eigenvalue weighted by molar-refractivity contribution is -0.128. The number of hydrogen-bond acceptors (Lipinski definition) is 5. The first-order chi connectivity index (χ1) is 12.7. The Hall–Kier alpha value is -2.28. The summed E-state index contributed by atoms with van der Waals surface area (Å²) < 4.78 is 0. The number of nitrogens with one attached hydrogen (secondary N) is 1. The number of likely N-dealkylation sites (tertiary alicyclic amines) is 1. The minimum absolute atomic E-state index is 0.0689. The van der Waals surface area contributed by atoms with Crippen LogP contribution < -0.4 is 5.32 Å². The molecule has 138 valence electrons. The van der Waals surface area contributed by atoms with Gasteiger partial charge in [0.2, 0.25) is 16.9 Å². The van der Waals surface area contributed by atoms with E-state index >= 15 is 0 Å². The third-order valence-electron chi connectivity index (χ3n) is 4.53. The molecule has 7 heteroatoms. The van der Waals surface area contributed by atoms with Gasteiger partial charge < -0.3 is 10.2 Å². The van der Waals surface area contributed by atoms with Crippen LogP contribution in [-0.2, 0) is 22.4 Å². The molecule has 1 saturated heterocycles. The van der Waals surface area contributed by atoms with Crippen LogP contribution >= 0.6 is 11.3 Å². The minimum atomic E-state index is -0.295. The van der Waals surface area contributed by atoms with E-state index < -0.39 is 0 Å². The SMILES string of the molecule is CCCCN1C[C@H](C(=O)Nc2nnc(CCc3ccccc3)s2)CC1=O. The van der Waals surface area contributed by atoms with Crippen molar-refractivity contribution in [2.24, 2.45) is 5.92 Å². The summed E-state index contributed by atoms with van der Waals surface area (Å²) in [6.07, 6.45) is 3.99. The zero-order valence-electron chi connectivity index (χ0n) is 15.0. The molecule has 1 aliphatic heterocycles. The van der Waals surface area contributed by atoms with Crippen molar-refractivity contribution in [1.29, 1.82) is 0 Å². The monoisotopic (exact) mass is 372 g/mol. The average molecular weight is 372 g/mol. The second kappa shape index (κ2) is 8.89. The van der Waals surface area contributed by atoms with E-state index in [0.29, 0.717) is 11.7 Å². The zero-order valence-corrected chi connectivity index (χ0v) is 15.8. The van der Waals surface area contributed by atoms with E-state index in [1.165, 1.54) is 16.9 Å². The highest BCUT2D eigenvalue weighted by atomic mass is 32.1. The third-order valence-corrected chi connectivity index (χ3v) is 5.43. The molecular formula is C19H24N4O2S. The van der Waals surface area contributed by atoms with Crippen LogP contribution in [0.5, 0.6) is 0 Å². The van der Waals surface area contributed by atoms with Gasteiger partial charge in [-0.25, -0.2) is 0 Å². The van der Waals surface area contributed by atoms with Crippen LogP contribution in [0.4, 0.5) is 5.13 Å². The van der Waals surface area contributed by atoms with E-state index in [9.17, 15) is 9.59 Å². The van der Waals surface area contributed by atoms with E-state index in [1.54, 1.807) is 4.90 Å². The van der Waals surface area contributed by atoms with E-state index in [2.05, 4.69) is 34.6 Å². The Labute approximate surface area is 157 Å². The second-order valence-corrected chi connectivity index (χ2v) is 7.63. The molecule has 2 heterocycles. The number of carbonyl (C=O) groups excluding carboxylic acids is 2. The molecule has 1 aromatic heterocycles. The largest absolute Gasteiger partial charge is 0.342 e. The van der Waals surface area contributed by atoms with Crippen molar-refractivity contribution in [3.05, 3.63) is 40.9 Å². The molecule has 1 aliphatic rings. The standard InChI is InChI=1S/C19H24N4O2S/c1-2-3-11-23-13-15(12-17(23)24)18(25)20-19-22-21-16(26-19)10-9-14-7-5-4-6-8-14/h4-8,15H,2-3,9-13H2,1H3,(H,20,22,25)/t15-/m1/s1. The summed E-state index contributed by atoms with van der Waals surface area (Å²) >= 11 is 1.40. The summed E-state index contributed by atoms with van der Waals surface area (Å²) in [5.74, 6) is -0.362. The number of aromatic nitrogens is 2. The first-order valence-electron chi connectivity index (χ1n) is 9.10. The Balaban J connectivity index is 1.49. The van der Waals surface area contributed by atoms with E-state index in [1.807, 2.05) is 18.2 Å². The van der Waals surface area contributed by atoms with Gasteiger partial charge in [0.15, 0.2) is 0 Å². The van der Waals surface area contributed by atoms with Crippen molar-refractivity contribution in [2.75, 3.05) is 18.4 Å². The maximum atomic E-state index is 12.4. The smallest absolute Gasteiger partial charge is 0.231 e. The van der Waals surface area contributed by atoms with E-state index in [4.69, 9.17) is 0 Å². The Kier molecular flexibility index (Phi) is 6.33. The zero-order chi connectivity index (χ0) is 18.4. The van der Waals surface area contributed by atoms with Gasteiger partial charge in [0, 0.05) is 25.9 Å². The number of hydrogen-bond donors (Lipinski definition) is 1. The fraction of sp³-hybridized carbons (Fsp3) is 0.474. The molecule has 3 rings (SSSR count). The minimum Gasteiger partial charge on any atom is -0.342 e. The number of carbonyl (C=O) groups is 2. The fourth-order valence-corrected chi connectivity index (χ4v) is 3.76. The molecule has 1 aromatic carbocycles. The van der Waals surface area contributed by atoms with E-state index in [0.717, 1.165) is 37.2 Å². The lowest BCUT2D eigenvalue weighted by atomic mass is 10.1. The topological polar surface area (TPSA) is 75.2 Å². The summed E-state index contributed by atoms with van der Waals surface area (Å²) in [6, 6.07) is 10.2. The van der Waals surface area contributed by atoms with Crippen molar-refractivity contribution >= 4 is 28.3 Å². The molecule has 1 N–H and O–H groups in total. The van der Waals surface area contributed by atoms with Gasteiger partial charge in [-0.3, -0.25) is 9.59 Å². The number of rotatable bonds is 8. The molecule has 1 atom stereocenters. The molecule has 0 radical (unpaired) electrons. The van der Waals surface area contributed by atoms with Crippen LogP contribution in [0.3, 0.4) is 0 Å². The number of unbranched alkanes of at least 4 members (excludes halogenated alkanes) is 1. The van der Waals surface area contributed by atoms with Crippen LogP contribution in [0, 0.1) is 5.92 Å². The Morgan fingerprint density at radius 3 is 2.85 bits per heavy atom. The number of amides is 2. The average Bonchev–Trinajstić information content (AvgIpc) is 3.25. The molecule has 0 spiro atoms.